The minimum atomic E-state index is -1.37. The van der Waals surface area contributed by atoms with Crippen molar-refractivity contribution in [1.82, 2.24) is 9.78 Å². The molecule has 4 N–H and O–H groups in total. The number of aromatic nitrogens is 2. The van der Waals surface area contributed by atoms with Gasteiger partial charge in [-0.1, -0.05) is 0 Å². The summed E-state index contributed by atoms with van der Waals surface area (Å²) >= 11 is 0.811. The monoisotopic (exact) mass is 380 g/mol. The zero-order chi connectivity index (χ0) is 19.6. The number of amides is 2. The average molecular weight is 380 g/mol. The Hall–Kier alpha value is -3.21. The van der Waals surface area contributed by atoms with Gasteiger partial charge in [-0.15, -0.1) is 11.3 Å². The molecule has 2 amide bonds. The van der Waals surface area contributed by atoms with Crippen LogP contribution in [0.4, 0.5) is 5.00 Å². The predicted molar refractivity (Wildman–Crippen MR) is 91.7 cm³/mol. The van der Waals surface area contributed by atoms with Gasteiger partial charge in [-0.25, -0.2) is 9.59 Å². The Labute approximate surface area is 151 Å². The third kappa shape index (κ3) is 3.57. The number of hydrogen-bond acceptors (Lipinski definition) is 7. The Kier molecular flexibility index (Phi) is 5.41. The van der Waals surface area contributed by atoms with E-state index in [1.165, 1.54) is 24.9 Å². The smallest absolute Gasteiger partial charge is 0.357 e. The quantitative estimate of drug-likeness (QED) is 0.632. The van der Waals surface area contributed by atoms with E-state index in [0.717, 1.165) is 11.3 Å². The molecule has 2 rings (SSSR count). The summed E-state index contributed by atoms with van der Waals surface area (Å²) in [6.45, 7) is 3.21. The summed E-state index contributed by atoms with van der Waals surface area (Å²) in [5.41, 5.74) is 4.94. The van der Waals surface area contributed by atoms with Crippen molar-refractivity contribution >= 4 is 40.1 Å². The van der Waals surface area contributed by atoms with Crippen LogP contribution in [0.3, 0.4) is 0 Å². The van der Waals surface area contributed by atoms with E-state index in [1.807, 2.05) is 0 Å². The standard InChI is InChI=1S/C15H16N4O6S/c1-4-25-15(24)8-6(2)10(11(16)20)26-13(8)17-12(21)7-5-19(3)18-9(7)14(22)23/h5H,4H2,1-3H3,(H2,16,20)(H,17,21)(H,22,23). The zero-order valence-corrected chi connectivity index (χ0v) is 15.0. The minimum Gasteiger partial charge on any atom is -0.476 e. The summed E-state index contributed by atoms with van der Waals surface area (Å²) < 4.78 is 6.13. The fourth-order valence-electron chi connectivity index (χ4n) is 2.27. The van der Waals surface area contributed by atoms with Crippen molar-refractivity contribution < 1.29 is 29.0 Å². The molecule has 0 unspecified atom stereocenters. The molecule has 11 heteroatoms. The van der Waals surface area contributed by atoms with Crippen molar-refractivity contribution in [2.45, 2.75) is 13.8 Å². The number of hydrogen-bond donors (Lipinski definition) is 3. The highest BCUT2D eigenvalue weighted by molar-refractivity contribution is 7.18. The van der Waals surface area contributed by atoms with Gasteiger partial charge >= 0.3 is 11.9 Å². The molecule has 2 aromatic rings. The van der Waals surface area contributed by atoms with Crippen LogP contribution in [0.25, 0.3) is 0 Å². The lowest BCUT2D eigenvalue weighted by Crippen LogP contribution is -2.17. The predicted octanol–water partition coefficient (Wildman–Crippen LogP) is 1.02. The summed E-state index contributed by atoms with van der Waals surface area (Å²) in [7, 11) is 1.47. The molecule has 0 aromatic carbocycles. The Balaban J connectivity index is 2.47. The van der Waals surface area contributed by atoms with E-state index in [0.29, 0.717) is 0 Å². The number of carbonyl (C=O) groups excluding carboxylic acids is 3. The SMILES string of the molecule is CCOC(=O)c1c(NC(=O)c2cn(C)nc2C(=O)O)sc(C(N)=O)c1C. The molecule has 0 spiro atoms. The second-order valence-electron chi connectivity index (χ2n) is 5.17. The van der Waals surface area contributed by atoms with Gasteiger partial charge in [0.2, 0.25) is 0 Å². The highest BCUT2D eigenvalue weighted by Gasteiger charge is 2.28. The van der Waals surface area contributed by atoms with Crippen LogP contribution in [0.15, 0.2) is 6.20 Å². The maximum Gasteiger partial charge on any atom is 0.357 e. The van der Waals surface area contributed by atoms with Crippen LogP contribution in [0.1, 0.15) is 53.4 Å². The first-order valence-electron chi connectivity index (χ1n) is 7.35. The van der Waals surface area contributed by atoms with E-state index in [-0.39, 0.29) is 33.2 Å². The van der Waals surface area contributed by atoms with Crippen LogP contribution in [-0.4, -0.2) is 45.2 Å². The van der Waals surface area contributed by atoms with Crippen molar-refractivity contribution in [1.29, 1.82) is 0 Å². The van der Waals surface area contributed by atoms with E-state index in [9.17, 15) is 19.2 Å². The second-order valence-corrected chi connectivity index (χ2v) is 6.19. The van der Waals surface area contributed by atoms with Gasteiger partial charge in [0.1, 0.15) is 5.00 Å². The largest absolute Gasteiger partial charge is 0.476 e. The molecule has 0 aliphatic rings. The molecule has 0 fully saturated rings. The summed E-state index contributed by atoms with van der Waals surface area (Å²) in [6.07, 6.45) is 1.23. The van der Waals surface area contributed by atoms with Crippen molar-refractivity contribution in [3.63, 3.8) is 0 Å². The number of carbonyl (C=O) groups is 4. The minimum absolute atomic E-state index is 0.000217. The van der Waals surface area contributed by atoms with Gasteiger partial charge in [0, 0.05) is 13.2 Å². The number of aryl methyl sites for hydroxylation is 1. The van der Waals surface area contributed by atoms with Crippen molar-refractivity contribution in [2.75, 3.05) is 11.9 Å². The molecule has 26 heavy (non-hydrogen) atoms. The normalized spacial score (nSPS) is 10.4. The Morgan fingerprint density at radius 2 is 2.04 bits per heavy atom. The maximum absolute atomic E-state index is 12.5. The van der Waals surface area contributed by atoms with Crippen molar-refractivity contribution in [3.05, 3.63) is 33.5 Å². The van der Waals surface area contributed by atoms with Crippen LogP contribution >= 0.6 is 11.3 Å². The third-order valence-electron chi connectivity index (χ3n) is 3.35. The lowest BCUT2D eigenvalue weighted by molar-refractivity contribution is 0.0526. The lowest BCUT2D eigenvalue weighted by Gasteiger charge is -2.06. The van der Waals surface area contributed by atoms with Gasteiger partial charge in [0.25, 0.3) is 11.8 Å². The Morgan fingerprint density at radius 1 is 1.38 bits per heavy atom. The summed E-state index contributed by atoms with van der Waals surface area (Å²) in [5.74, 6) is -3.65. The summed E-state index contributed by atoms with van der Waals surface area (Å²) in [5, 5.41) is 15.3. The molecule has 0 aliphatic heterocycles. The van der Waals surface area contributed by atoms with Crippen LogP contribution < -0.4 is 11.1 Å². The first-order chi connectivity index (χ1) is 12.2. The fraction of sp³-hybridized carbons (Fsp3) is 0.267. The van der Waals surface area contributed by atoms with Crippen molar-refractivity contribution in [3.8, 4) is 0 Å². The fourth-order valence-corrected chi connectivity index (χ4v) is 3.31. The molecule has 10 nitrogen and oxygen atoms in total. The summed E-state index contributed by atoms with van der Waals surface area (Å²) in [6, 6.07) is 0. The summed E-state index contributed by atoms with van der Waals surface area (Å²) in [4.78, 5) is 47.5. The van der Waals surface area contributed by atoms with E-state index in [2.05, 4.69) is 10.4 Å². The van der Waals surface area contributed by atoms with Gasteiger partial charge in [0.15, 0.2) is 5.69 Å². The number of esters is 1. The number of thiophene rings is 1. The van der Waals surface area contributed by atoms with Gasteiger partial charge in [0.05, 0.1) is 22.6 Å². The van der Waals surface area contributed by atoms with Crippen LogP contribution in [0.5, 0.6) is 0 Å². The highest BCUT2D eigenvalue weighted by Crippen LogP contribution is 2.34. The molecular weight excluding hydrogens is 364 g/mol. The van der Waals surface area contributed by atoms with E-state index < -0.39 is 29.4 Å². The number of nitrogens with zero attached hydrogens (tertiary/aromatic N) is 2. The number of aromatic carboxylic acids is 1. The molecule has 138 valence electrons. The Morgan fingerprint density at radius 3 is 2.58 bits per heavy atom. The molecule has 0 atom stereocenters. The van der Waals surface area contributed by atoms with Gasteiger partial charge in [-0.05, 0) is 19.4 Å². The number of anilines is 1. The van der Waals surface area contributed by atoms with Gasteiger partial charge in [-0.2, -0.15) is 5.10 Å². The number of nitrogens with two attached hydrogens (primary N) is 1. The third-order valence-corrected chi connectivity index (χ3v) is 4.57. The molecule has 2 aromatic heterocycles. The van der Waals surface area contributed by atoms with Crippen molar-refractivity contribution in [2.24, 2.45) is 12.8 Å². The van der Waals surface area contributed by atoms with Gasteiger partial charge < -0.3 is 20.9 Å². The number of ether oxygens (including phenoxy) is 1. The van der Waals surface area contributed by atoms with Crippen LogP contribution in [-0.2, 0) is 11.8 Å². The van der Waals surface area contributed by atoms with Crippen LogP contribution in [0, 0.1) is 6.92 Å². The molecule has 0 radical (unpaired) electrons. The zero-order valence-electron chi connectivity index (χ0n) is 14.2. The molecule has 0 saturated carbocycles. The first kappa shape index (κ1) is 19.1. The number of carboxylic acids is 1. The number of carboxylic acid groups (broad SMARTS) is 1. The van der Waals surface area contributed by atoms with E-state index in [4.69, 9.17) is 15.6 Å². The molecular formula is C15H16N4O6S. The maximum atomic E-state index is 12.5. The Bertz CT molecular complexity index is 914. The van der Waals surface area contributed by atoms with E-state index in [1.54, 1.807) is 6.92 Å². The average Bonchev–Trinajstić information content (AvgIpc) is 3.08. The topological polar surface area (TPSA) is 154 Å². The number of nitrogens with one attached hydrogen (secondary N) is 1. The lowest BCUT2D eigenvalue weighted by atomic mass is 10.1. The molecule has 0 saturated heterocycles. The van der Waals surface area contributed by atoms with Crippen LogP contribution in [0.2, 0.25) is 0 Å². The van der Waals surface area contributed by atoms with E-state index >= 15 is 0 Å². The molecule has 0 aliphatic carbocycles. The molecule has 0 bridgehead atoms. The highest BCUT2D eigenvalue weighted by atomic mass is 32.1. The number of primary amides is 1. The first-order valence-corrected chi connectivity index (χ1v) is 8.17. The molecule has 2 heterocycles. The van der Waals surface area contributed by atoms with Gasteiger partial charge in [-0.3, -0.25) is 14.3 Å². The second kappa shape index (κ2) is 7.35. The number of rotatable bonds is 6.